The molecule has 0 aromatic rings. The maximum absolute atomic E-state index is 13.5. The number of rotatable bonds is 10. The van der Waals surface area contributed by atoms with Gasteiger partial charge in [-0.15, -0.1) is 0 Å². The zero-order chi connectivity index (χ0) is 14.2. The summed E-state index contributed by atoms with van der Waals surface area (Å²) in [6, 6.07) is 0. The average molecular weight is 265 g/mol. The lowest BCUT2D eigenvalue weighted by molar-refractivity contribution is -0.0930. The van der Waals surface area contributed by atoms with Crippen molar-refractivity contribution in [3.05, 3.63) is 0 Å². The fraction of sp³-hybridized carbons (Fsp3) is 1.00. The van der Waals surface area contributed by atoms with Crippen molar-refractivity contribution >= 4 is 0 Å². The van der Waals surface area contributed by atoms with Gasteiger partial charge in [0.25, 0.3) is 5.92 Å². The first-order valence-corrected chi connectivity index (χ1v) is 6.87. The average Bonchev–Trinajstić information content (AvgIpc) is 2.13. The van der Waals surface area contributed by atoms with E-state index in [0.717, 1.165) is 12.8 Å². The normalized spacial score (nSPS) is 13.0. The lowest BCUT2D eigenvalue weighted by atomic mass is 10.1. The summed E-state index contributed by atoms with van der Waals surface area (Å²) in [7, 11) is 1.73. The Labute approximate surface area is 111 Å². The van der Waals surface area contributed by atoms with Crippen LogP contribution in [0.25, 0.3) is 0 Å². The first-order chi connectivity index (χ1) is 8.23. The van der Waals surface area contributed by atoms with Crippen LogP contribution in [0.2, 0.25) is 0 Å². The Hall–Kier alpha value is -0.220. The summed E-state index contributed by atoms with van der Waals surface area (Å²) in [5, 5.41) is 0. The van der Waals surface area contributed by atoms with Crippen LogP contribution >= 0.6 is 0 Å². The highest BCUT2D eigenvalue weighted by molar-refractivity contribution is 4.70. The van der Waals surface area contributed by atoms with Crippen molar-refractivity contribution in [3.8, 4) is 0 Å². The SMILES string of the molecule is CC(C)CCCOCC(F)(F)CN(C)CC(C)C. The lowest BCUT2D eigenvalue weighted by Crippen LogP contribution is -2.39. The second kappa shape index (κ2) is 8.81. The summed E-state index contributed by atoms with van der Waals surface area (Å²) >= 11 is 0. The molecule has 0 aromatic heterocycles. The quantitative estimate of drug-likeness (QED) is 0.559. The first kappa shape index (κ1) is 17.8. The van der Waals surface area contributed by atoms with Gasteiger partial charge in [-0.1, -0.05) is 27.7 Å². The van der Waals surface area contributed by atoms with Crippen LogP contribution in [0.4, 0.5) is 8.78 Å². The van der Waals surface area contributed by atoms with Gasteiger partial charge in [0, 0.05) is 13.2 Å². The zero-order valence-electron chi connectivity index (χ0n) is 12.5. The van der Waals surface area contributed by atoms with E-state index in [-0.39, 0.29) is 6.54 Å². The molecule has 110 valence electrons. The van der Waals surface area contributed by atoms with Crippen LogP contribution in [0.15, 0.2) is 0 Å². The molecule has 0 aliphatic heterocycles. The van der Waals surface area contributed by atoms with Crippen LogP contribution in [-0.4, -0.2) is 44.2 Å². The predicted molar refractivity (Wildman–Crippen MR) is 72.2 cm³/mol. The maximum Gasteiger partial charge on any atom is 0.283 e. The Morgan fingerprint density at radius 3 is 2.22 bits per heavy atom. The Kier molecular flexibility index (Phi) is 8.70. The number of alkyl halides is 2. The molecule has 0 fully saturated rings. The molecule has 2 nitrogen and oxygen atoms in total. The molecule has 0 spiro atoms. The molecule has 0 rings (SSSR count). The van der Waals surface area contributed by atoms with Crippen molar-refractivity contribution in [3.63, 3.8) is 0 Å². The molecule has 0 saturated heterocycles. The second-order valence-corrected chi connectivity index (χ2v) is 6.04. The van der Waals surface area contributed by atoms with E-state index in [1.807, 2.05) is 13.8 Å². The summed E-state index contributed by atoms with van der Waals surface area (Å²) in [5.74, 6) is -1.74. The van der Waals surface area contributed by atoms with E-state index in [9.17, 15) is 8.78 Å². The molecule has 18 heavy (non-hydrogen) atoms. The van der Waals surface area contributed by atoms with Gasteiger partial charge < -0.3 is 9.64 Å². The summed E-state index contributed by atoms with van der Waals surface area (Å²) in [5.41, 5.74) is 0. The van der Waals surface area contributed by atoms with Crippen LogP contribution in [-0.2, 0) is 4.74 Å². The van der Waals surface area contributed by atoms with E-state index in [2.05, 4.69) is 13.8 Å². The molecular formula is C14H29F2NO. The van der Waals surface area contributed by atoms with Crippen molar-refractivity contribution < 1.29 is 13.5 Å². The summed E-state index contributed by atoms with van der Waals surface area (Å²) in [4.78, 5) is 1.67. The molecule has 0 aliphatic rings. The highest BCUT2D eigenvalue weighted by Crippen LogP contribution is 2.16. The van der Waals surface area contributed by atoms with E-state index in [0.29, 0.717) is 25.0 Å². The van der Waals surface area contributed by atoms with Crippen molar-refractivity contribution in [1.82, 2.24) is 4.90 Å². The zero-order valence-corrected chi connectivity index (χ0v) is 12.5. The van der Waals surface area contributed by atoms with Gasteiger partial charge in [-0.2, -0.15) is 0 Å². The molecule has 0 N–H and O–H groups in total. The van der Waals surface area contributed by atoms with Gasteiger partial charge in [0.05, 0.1) is 6.54 Å². The summed E-state index contributed by atoms with van der Waals surface area (Å²) in [6.07, 6.45) is 1.88. The summed E-state index contributed by atoms with van der Waals surface area (Å²) in [6.45, 7) is 8.71. The van der Waals surface area contributed by atoms with Crippen molar-refractivity contribution in [2.75, 3.05) is 33.4 Å². The molecule has 0 unspecified atom stereocenters. The molecule has 0 aliphatic carbocycles. The highest BCUT2D eigenvalue weighted by atomic mass is 19.3. The molecule has 0 radical (unpaired) electrons. The number of nitrogens with zero attached hydrogens (tertiary/aromatic N) is 1. The topological polar surface area (TPSA) is 12.5 Å². The first-order valence-electron chi connectivity index (χ1n) is 6.87. The molecule has 0 saturated carbocycles. The number of hydrogen-bond donors (Lipinski definition) is 0. The van der Waals surface area contributed by atoms with Crippen molar-refractivity contribution in [2.24, 2.45) is 11.8 Å². The fourth-order valence-electron chi connectivity index (χ4n) is 1.94. The second-order valence-electron chi connectivity index (χ2n) is 6.04. The molecule has 0 atom stereocenters. The Bertz CT molecular complexity index is 208. The highest BCUT2D eigenvalue weighted by Gasteiger charge is 2.30. The fourth-order valence-corrected chi connectivity index (χ4v) is 1.94. The minimum atomic E-state index is -2.75. The number of hydrogen-bond acceptors (Lipinski definition) is 2. The third-order valence-corrected chi connectivity index (χ3v) is 2.56. The van der Waals surface area contributed by atoms with Gasteiger partial charge in [-0.05, 0) is 31.7 Å². The van der Waals surface area contributed by atoms with Crippen LogP contribution in [0.5, 0.6) is 0 Å². The van der Waals surface area contributed by atoms with Crippen LogP contribution in [0, 0.1) is 11.8 Å². The molecular weight excluding hydrogens is 236 g/mol. The van der Waals surface area contributed by atoms with Gasteiger partial charge in [-0.3, -0.25) is 0 Å². The van der Waals surface area contributed by atoms with Gasteiger partial charge in [0.1, 0.15) is 6.61 Å². The van der Waals surface area contributed by atoms with Crippen LogP contribution in [0.3, 0.4) is 0 Å². The standard InChI is InChI=1S/C14H29F2NO/c1-12(2)7-6-8-18-11-14(15,16)10-17(5)9-13(3)4/h12-13H,6-11H2,1-5H3. The van der Waals surface area contributed by atoms with Gasteiger partial charge in [0.2, 0.25) is 0 Å². The third-order valence-electron chi connectivity index (χ3n) is 2.56. The number of halogens is 2. The van der Waals surface area contributed by atoms with Gasteiger partial charge >= 0.3 is 0 Å². The van der Waals surface area contributed by atoms with E-state index in [1.165, 1.54) is 0 Å². The Balaban J connectivity index is 3.72. The van der Waals surface area contributed by atoms with Crippen molar-refractivity contribution in [2.45, 2.75) is 46.5 Å². The Morgan fingerprint density at radius 2 is 1.72 bits per heavy atom. The summed E-state index contributed by atoms with van der Waals surface area (Å²) < 4.78 is 32.2. The Morgan fingerprint density at radius 1 is 1.11 bits per heavy atom. The van der Waals surface area contributed by atoms with Crippen molar-refractivity contribution in [1.29, 1.82) is 0 Å². The van der Waals surface area contributed by atoms with E-state index in [1.54, 1.807) is 11.9 Å². The molecule has 0 aromatic carbocycles. The number of ether oxygens (including phenoxy) is 1. The molecule has 0 amide bonds. The van der Waals surface area contributed by atoms with Gasteiger partial charge in [0.15, 0.2) is 0 Å². The largest absolute Gasteiger partial charge is 0.375 e. The molecule has 0 heterocycles. The van der Waals surface area contributed by atoms with E-state index >= 15 is 0 Å². The van der Waals surface area contributed by atoms with Gasteiger partial charge in [-0.25, -0.2) is 8.78 Å². The predicted octanol–water partition coefficient (Wildman–Crippen LogP) is 3.66. The molecule has 4 heteroatoms. The van der Waals surface area contributed by atoms with E-state index in [4.69, 9.17) is 4.74 Å². The van der Waals surface area contributed by atoms with E-state index < -0.39 is 12.5 Å². The van der Waals surface area contributed by atoms with Crippen LogP contribution in [0.1, 0.15) is 40.5 Å². The third kappa shape index (κ3) is 10.9. The minimum Gasteiger partial charge on any atom is -0.375 e. The lowest BCUT2D eigenvalue weighted by Gasteiger charge is -2.25. The molecule has 0 bridgehead atoms. The monoisotopic (exact) mass is 265 g/mol. The maximum atomic E-state index is 13.5. The minimum absolute atomic E-state index is 0.227. The van der Waals surface area contributed by atoms with Crippen LogP contribution < -0.4 is 0 Å². The smallest absolute Gasteiger partial charge is 0.283 e.